The summed E-state index contributed by atoms with van der Waals surface area (Å²) in [7, 11) is 1.63. The lowest BCUT2D eigenvalue weighted by Crippen LogP contribution is -2.30. The zero-order valence-corrected chi connectivity index (χ0v) is 21.3. The first-order valence-electron chi connectivity index (χ1n) is 12.4. The van der Waals surface area contributed by atoms with E-state index in [-0.39, 0.29) is 17.7 Å². The number of phenolic OH excluding ortho intramolecular Hbond substituents is 1. The summed E-state index contributed by atoms with van der Waals surface area (Å²) >= 11 is 0. The van der Waals surface area contributed by atoms with E-state index in [1.54, 1.807) is 13.2 Å². The second-order valence-electron chi connectivity index (χ2n) is 9.20. The van der Waals surface area contributed by atoms with Gasteiger partial charge in [0.05, 0.1) is 19.8 Å². The van der Waals surface area contributed by atoms with Gasteiger partial charge in [0.2, 0.25) is 0 Å². The number of hydrogen-bond acceptors (Lipinski definition) is 5. The van der Waals surface area contributed by atoms with Crippen molar-refractivity contribution in [3.63, 3.8) is 0 Å². The largest absolute Gasteiger partial charge is 0.507 e. The number of aromatic hydroxyl groups is 1. The summed E-state index contributed by atoms with van der Waals surface area (Å²) in [6.45, 7) is 9.35. The standard InChI is InChI=1S/C28H35N3O4/c1-6-8-9-13-35-21-11-10-19(16-22(21)34-5)27-24-25(23-18(4)14-17(3)15-20(23)32)29-30-26(24)28(33)31(27)12-7-2/h10-11,14-16,27,32H,6-9,12-13H2,1-5H3,(H,29,30). The van der Waals surface area contributed by atoms with E-state index in [9.17, 15) is 9.90 Å². The van der Waals surface area contributed by atoms with Crippen molar-refractivity contribution in [3.05, 3.63) is 58.3 Å². The van der Waals surface area contributed by atoms with Crippen LogP contribution in [-0.2, 0) is 0 Å². The fraction of sp³-hybridized carbons (Fsp3) is 0.429. The molecule has 2 heterocycles. The van der Waals surface area contributed by atoms with Gasteiger partial charge in [-0.3, -0.25) is 9.89 Å². The van der Waals surface area contributed by atoms with E-state index in [2.05, 4.69) is 24.0 Å². The van der Waals surface area contributed by atoms with Crippen molar-refractivity contribution in [2.75, 3.05) is 20.3 Å². The summed E-state index contributed by atoms with van der Waals surface area (Å²) in [6, 6.07) is 9.25. The molecule has 1 amide bonds. The minimum absolute atomic E-state index is 0.0892. The van der Waals surface area contributed by atoms with Crippen molar-refractivity contribution < 1.29 is 19.4 Å². The number of ether oxygens (including phenoxy) is 2. The fourth-order valence-electron chi connectivity index (χ4n) is 4.97. The Morgan fingerprint density at radius 1 is 1.09 bits per heavy atom. The Hall–Kier alpha value is -3.48. The zero-order valence-electron chi connectivity index (χ0n) is 21.3. The Bertz CT molecular complexity index is 1190. The van der Waals surface area contributed by atoms with E-state index in [1.165, 1.54) is 0 Å². The first-order chi connectivity index (χ1) is 16.9. The van der Waals surface area contributed by atoms with Crippen LogP contribution >= 0.6 is 0 Å². The monoisotopic (exact) mass is 477 g/mol. The Balaban J connectivity index is 1.80. The van der Waals surface area contributed by atoms with E-state index in [1.807, 2.05) is 43.0 Å². The third-order valence-corrected chi connectivity index (χ3v) is 6.53. The number of phenols is 1. The number of benzene rings is 2. The highest BCUT2D eigenvalue weighted by molar-refractivity contribution is 6.00. The van der Waals surface area contributed by atoms with Gasteiger partial charge in [0.25, 0.3) is 5.91 Å². The Kier molecular flexibility index (Phi) is 7.34. The lowest BCUT2D eigenvalue weighted by atomic mass is 9.93. The lowest BCUT2D eigenvalue weighted by Gasteiger charge is -2.27. The van der Waals surface area contributed by atoms with Crippen molar-refractivity contribution in [1.29, 1.82) is 0 Å². The summed E-state index contributed by atoms with van der Waals surface area (Å²) in [5.41, 5.74) is 5.29. The number of carbonyl (C=O) groups is 1. The maximum Gasteiger partial charge on any atom is 0.273 e. The number of rotatable bonds is 10. The topological polar surface area (TPSA) is 87.7 Å². The number of amides is 1. The van der Waals surface area contributed by atoms with Gasteiger partial charge in [-0.2, -0.15) is 5.10 Å². The summed E-state index contributed by atoms with van der Waals surface area (Å²) in [4.78, 5) is 15.3. The molecular formula is C28H35N3O4. The molecule has 0 bridgehead atoms. The predicted octanol–water partition coefficient (Wildman–Crippen LogP) is 5.93. The van der Waals surface area contributed by atoms with Crippen LogP contribution in [0.2, 0.25) is 0 Å². The molecule has 7 nitrogen and oxygen atoms in total. The van der Waals surface area contributed by atoms with E-state index >= 15 is 0 Å². The van der Waals surface area contributed by atoms with Crippen molar-refractivity contribution in [2.24, 2.45) is 0 Å². The van der Waals surface area contributed by atoms with Gasteiger partial charge in [-0.05, 0) is 61.6 Å². The highest BCUT2D eigenvalue weighted by Crippen LogP contribution is 2.46. The number of hydrogen-bond donors (Lipinski definition) is 2. The summed E-state index contributed by atoms with van der Waals surface area (Å²) < 4.78 is 11.6. The number of nitrogens with one attached hydrogen (secondary N) is 1. The molecule has 2 N–H and O–H groups in total. The number of carbonyl (C=O) groups excluding carboxylic acids is 1. The molecule has 4 rings (SSSR count). The molecule has 35 heavy (non-hydrogen) atoms. The van der Waals surface area contributed by atoms with Gasteiger partial charge < -0.3 is 19.5 Å². The van der Waals surface area contributed by atoms with Crippen LogP contribution in [0.5, 0.6) is 17.2 Å². The maximum atomic E-state index is 13.4. The maximum absolute atomic E-state index is 13.4. The second-order valence-corrected chi connectivity index (χ2v) is 9.20. The molecule has 1 aliphatic heterocycles. The van der Waals surface area contributed by atoms with Gasteiger partial charge in [0.15, 0.2) is 11.5 Å². The van der Waals surface area contributed by atoms with Crippen LogP contribution in [0.25, 0.3) is 11.3 Å². The van der Waals surface area contributed by atoms with Gasteiger partial charge in [0, 0.05) is 17.7 Å². The number of nitrogens with zero attached hydrogens (tertiary/aromatic N) is 2. The molecule has 2 aromatic carbocycles. The zero-order chi connectivity index (χ0) is 25.1. The number of aryl methyl sites for hydroxylation is 2. The smallest absolute Gasteiger partial charge is 0.273 e. The van der Waals surface area contributed by atoms with E-state index < -0.39 is 0 Å². The summed E-state index contributed by atoms with van der Waals surface area (Å²) in [5, 5.41) is 18.3. The summed E-state index contributed by atoms with van der Waals surface area (Å²) in [5.74, 6) is 1.40. The van der Waals surface area contributed by atoms with E-state index in [0.717, 1.165) is 47.9 Å². The lowest BCUT2D eigenvalue weighted by molar-refractivity contribution is 0.0743. The number of fused-ring (bicyclic) bond motifs is 1. The molecule has 7 heteroatoms. The van der Waals surface area contributed by atoms with Gasteiger partial charge in [-0.15, -0.1) is 0 Å². The number of H-pyrrole nitrogens is 1. The van der Waals surface area contributed by atoms with Gasteiger partial charge >= 0.3 is 0 Å². The van der Waals surface area contributed by atoms with Crippen molar-refractivity contribution >= 4 is 5.91 Å². The molecule has 0 aliphatic carbocycles. The minimum atomic E-state index is -0.352. The van der Waals surface area contributed by atoms with Crippen LogP contribution < -0.4 is 9.47 Å². The molecule has 0 radical (unpaired) electrons. The number of aromatic amines is 1. The quantitative estimate of drug-likeness (QED) is 0.353. The van der Waals surface area contributed by atoms with E-state index in [4.69, 9.17) is 9.47 Å². The Morgan fingerprint density at radius 2 is 1.89 bits per heavy atom. The first kappa shape index (κ1) is 24.6. The van der Waals surface area contributed by atoms with E-state index in [0.29, 0.717) is 41.6 Å². The molecule has 0 saturated heterocycles. The molecule has 0 fully saturated rings. The van der Waals surface area contributed by atoms with Crippen LogP contribution in [0.15, 0.2) is 30.3 Å². The van der Waals surface area contributed by atoms with Crippen molar-refractivity contribution in [1.82, 2.24) is 15.1 Å². The minimum Gasteiger partial charge on any atom is -0.507 e. The average molecular weight is 478 g/mol. The fourth-order valence-corrected chi connectivity index (χ4v) is 4.97. The van der Waals surface area contributed by atoms with Crippen LogP contribution in [0.1, 0.15) is 78.3 Å². The van der Waals surface area contributed by atoms with Gasteiger partial charge in [0.1, 0.15) is 17.1 Å². The van der Waals surface area contributed by atoms with Gasteiger partial charge in [-0.1, -0.05) is 38.8 Å². The molecule has 0 spiro atoms. The normalized spacial score (nSPS) is 14.9. The molecular weight excluding hydrogens is 442 g/mol. The number of methoxy groups -OCH3 is 1. The SMILES string of the molecule is CCCCCOc1ccc(C2c3c(-c4c(C)cc(C)cc4O)n[nH]c3C(=O)N2CCC)cc1OC. The Labute approximate surface area is 207 Å². The summed E-state index contributed by atoms with van der Waals surface area (Å²) in [6.07, 6.45) is 4.06. The molecule has 0 saturated carbocycles. The first-order valence-corrected chi connectivity index (χ1v) is 12.4. The third kappa shape index (κ3) is 4.59. The predicted molar refractivity (Wildman–Crippen MR) is 136 cm³/mol. The van der Waals surface area contributed by atoms with Crippen LogP contribution in [0.4, 0.5) is 0 Å². The van der Waals surface area contributed by atoms with Crippen molar-refractivity contribution in [2.45, 2.75) is 59.4 Å². The highest BCUT2D eigenvalue weighted by Gasteiger charge is 2.42. The van der Waals surface area contributed by atoms with Crippen molar-refractivity contribution in [3.8, 4) is 28.5 Å². The molecule has 3 aromatic rings. The number of aromatic nitrogens is 2. The van der Waals surface area contributed by atoms with Gasteiger partial charge in [-0.25, -0.2) is 0 Å². The highest BCUT2D eigenvalue weighted by atomic mass is 16.5. The Morgan fingerprint density at radius 3 is 2.57 bits per heavy atom. The number of unbranched alkanes of at least 4 members (excludes halogenated alkanes) is 2. The van der Waals surface area contributed by atoms with Crippen LogP contribution in [0, 0.1) is 13.8 Å². The molecule has 1 atom stereocenters. The van der Waals surface area contributed by atoms with Crippen LogP contribution in [-0.4, -0.2) is 46.4 Å². The van der Waals surface area contributed by atoms with Crippen LogP contribution in [0.3, 0.4) is 0 Å². The molecule has 186 valence electrons. The molecule has 1 aliphatic rings. The molecule has 1 unspecified atom stereocenters. The molecule has 1 aromatic heterocycles. The average Bonchev–Trinajstić information content (AvgIpc) is 3.36. The second kappa shape index (κ2) is 10.4. The third-order valence-electron chi connectivity index (χ3n) is 6.53.